The van der Waals surface area contributed by atoms with Crippen LogP contribution in [-0.2, 0) is 76.8 Å². The molecule has 522 valence electrons. The van der Waals surface area contributed by atoms with Crippen LogP contribution in [0.15, 0.2) is 78.9 Å². The van der Waals surface area contributed by atoms with Crippen LogP contribution in [0.5, 0.6) is 0 Å². The Morgan fingerprint density at radius 1 is 0.542 bits per heavy atom. The summed E-state index contributed by atoms with van der Waals surface area (Å²) in [5, 5.41) is 21.5. The molecule has 2 aliphatic heterocycles. The molecule has 2 heterocycles. The molecule has 3 aromatic rings. The summed E-state index contributed by atoms with van der Waals surface area (Å²) in [5.74, 6) is -9.48. The Labute approximate surface area is 569 Å². The van der Waals surface area contributed by atoms with Crippen LogP contribution in [0.25, 0.3) is 0 Å². The summed E-state index contributed by atoms with van der Waals surface area (Å²) in [7, 11) is 9.63. The molecule has 0 unspecified atom stereocenters. The maximum Gasteiger partial charge on any atom is 0.246 e. The van der Waals surface area contributed by atoms with Crippen molar-refractivity contribution in [1.82, 2.24) is 60.5 Å². The summed E-state index contributed by atoms with van der Waals surface area (Å²) < 4.78 is 0. The zero-order valence-corrected chi connectivity index (χ0v) is 58.8. The number of likely N-dealkylation sites (tertiary alicyclic amines) is 1. The molecule has 0 radical (unpaired) electrons. The van der Waals surface area contributed by atoms with Crippen LogP contribution in [-0.4, -0.2) is 240 Å². The minimum Gasteiger partial charge on any atom is -0.342 e. The Hall–Kier alpha value is -8.92. The first-order valence-electron chi connectivity index (χ1n) is 32.8. The van der Waals surface area contributed by atoms with Gasteiger partial charge in [-0.2, -0.15) is 5.26 Å². The van der Waals surface area contributed by atoms with Gasteiger partial charge in [0.25, 0.3) is 0 Å². The Morgan fingerprint density at radius 3 is 1.70 bits per heavy atom. The van der Waals surface area contributed by atoms with E-state index in [0.717, 1.165) is 24.5 Å². The Kier molecular flexibility index (Phi) is 29.4. The minimum absolute atomic E-state index is 0.0432. The van der Waals surface area contributed by atoms with E-state index in [4.69, 9.17) is 11.6 Å². The fourth-order valence-corrected chi connectivity index (χ4v) is 11.7. The maximum absolute atomic E-state index is 15.5. The number of amides is 12. The first-order chi connectivity index (χ1) is 45.3. The molecular weight excluding hydrogens is 1250 g/mol. The predicted molar refractivity (Wildman–Crippen MR) is 361 cm³/mol. The molecule has 2 aliphatic rings. The largest absolute Gasteiger partial charge is 0.342 e. The number of nitriles is 1. The Morgan fingerprint density at radius 2 is 1.10 bits per heavy atom. The molecule has 2 fully saturated rings. The number of hydrogen-bond acceptors (Lipinski definition) is 13. The molecule has 12 amide bonds. The zero-order valence-electron chi connectivity index (χ0n) is 58.1. The SMILES string of the molecule is CC[C@H](C)[C@@H]1NC(=O)[C@H](C)N(C)C(=O)C[C@@H](C(=O)N2CCCC2)NC(=O)[C@H](CC(C)C)N(C)C(=O)[C@H](Cc2ccccc2)N(C)C(=O)[C@H](CC(C)C)NC(=O)[C@H](Cc2cccc(C#N)c2)NC(=O)CN(C)C(=O)[C@H](Cc2ccc(Cl)cc2)N(C)C(=O)CN(C)C(=O)CN(C)C1=O. The van der Waals surface area contributed by atoms with Crippen molar-refractivity contribution in [1.29, 1.82) is 5.26 Å². The quantitative estimate of drug-likeness (QED) is 0.192. The van der Waals surface area contributed by atoms with Gasteiger partial charge in [0, 0.05) is 86.7 Å². The van der Waals surface area contributed by atoms with Crippen LogP contribution in [0.2, 0.25) is 5.02 Å². The van der Waals surface area contributed by atoms with E-state index in [1.54, 1.807) is 97.6 Å². The van der Waals surface area contributed by atoms with Gasteiger partial charge in [0.2, 0.25) is 70.9 Å². The van der Waals surface area contributed by atoms with Crippen LogP contribution in [0.4, 0.5) is 0 Å². The summed E-state index contributed by atoms with van der Waals surface area (Å²) in [6.45, 7) is 11.3. The predicted octanol–water partition coefficient (Wildman–Crippen LogP) is 3.05. The Balaban J connectivity index is 1.64. The molecule has 96 heavy (non-hydrogen) atoms. The highest BCUT2D eigenvalue weighted by molar-refractivity contribution is 6.30. The van der Waals surface area contributed by atoms with E-state index in [0.29, 0.717) is 54.1 Å². The molecule has 25 nitrogen and oxygen atoms in total. The number of halogens is 1. The van der Waals surface area contributed by atoms with Gasteiger partial charge in [-0.25, -0.2) is 0 Å². The highest BCUT2D eigenvalue weighted by Gasteiger charge is 2.42. The van der Waals surface area contributed by atoms with Gasteiger partial charge in [0.05, 0.1) is 37.7 Å². The van der Waals surface area contributed by atoms with E-state index >= 15 is 14.4 Å². The van der Waals surface area contributed by atoms with Crippen LogP contribution in [0, 0.1) is 29.1 Å². The van der Waals surface area contributed by atoms with Crippen molar-refractivity contribution in [2.45, 2.75) is 155 Å². The van der Waals surface area contributed by atoms with Gasteiger partial charge in [-0.05, 0) is 91.3 Å². The third kappa shape index (κ3) is 21.8. The van der Waals surface area contributed by atoms with E-state index in [9.17, 15) is 48.4 Å². The molecule has 0 bridgehead atoms. The van der Waals surface area contributed by atoms with Crippen molar-refractivity contribution in [2.75, 3.05) is 82.1 Å². The second-order valence-corrected chi connectivity index (χ2v) is 26.9. The average Bonchev–Trinajstić information content (AvgIpc) is 0.907. The van der Waals surface area contributed by atoms with E-state index < -0.39 is 151 Å². The lowest BCUT2D eigenvalue weighted by molar-refractivity contribution is -0.150. The lowest BCUT2D eigenvalue weighted by Gasteiger charge is -2.37. The van der Waals surface area contributed by atoms with Crippen molar-refractivity contribution >= 4 is 82.5 Å². The number of hydrogen-bond donors (Lipinski definition) is 4. The second-order valence-electron chi connectivity index (χ2n) is 26.4. The topological polar surface area (TPSA) is 303 Å². The maximum atomic E-state index is 15.5. The number of carbonyl (C=O) groups is 12. The van der Waals surface area contributed by atoms with Crippen molar-refractivity contribution in [3.63, 3.8) is 0 Å². The number of nitrogens with zero attached hydrogens (tertiary/aromatic N) is 9. The van der Waals surface area contributed by atoms with Gasteiger partial charge in [0.15, 0.2) is 0 Å². The number of carbonyl (C=O) groups excluding carboxylic acids is 12. The molecule has 0 aliphatic carbocycles. The smallest absolute Gasteiger partial charge is 0.246 e. The molecule has 9 atom stereocenters. The molecule has 0 saturated carbocycles. The van der Waals surface area contributed by atoms with Crippen molar-refractivity contribution in [3.8, 4) is 6.07 Å². The van der Waals surface area contributed by atoms with Crippen LogP contribution in [0.3, 0.4) is 0 Å². The molecule has 26 heteroatoms. The lowest BCUT2D eigenvalue weighted by atomic mass is 9.97. The lowest BCUT2D eigenvalue weighted by Crippen LogP contribution is -2.61. The van der Waals surface area contributed by atoms with Gasteiger partial charge in [-0.1, -0.05) is 114 Å². The molecule has 4 N–H and O–H groups in total. The zero-order chi connectivity index (χ0) is 71.4. The van der Waals surface area contributed by atoms with Gasteiger partial charge < -0.3 is 60.5 Å². The fraction of sp³-hybridized carbons (Fsp3) is 0.557. The minimum atomic E-state index is -1.47. The summed E-state index contributed by atoms with van der Waals surface area (Å²) >= 11 is 6.23. The normalized spacial score (nSPS) is 23.6. The number of benzene rings is 3. The second kappa shape index (κ2) is 36.3. The van der Waals surface area contributed by atoms with Gasteiger partial charge in [-0.3, -0.25) is 57.5 Å². The standard InChI is InChI=1S/C70H98ClN13O12/c1-15-45(6)62-70(96)79(10)41-60(87)77(8)42-61(88)81(12)56(37-48-26-28-51(71)29-27-48)68(94)78(9)40-58(85)73-52(35-49-24-21-25-50(34-49)39-72)64(90)74-53(32-43(2)3)66(92)83(14)57(36-47-22-17-16-18-23-47)69(95)82(13)55(33-44(4)5)65(91)75-54(67(93)84-30-19-20-31-84)38-59(86)80(11)46(7)63(89)76-62/h16-18,21-29,34,43-46,52-57,62H,15,19-20,30-33,35-38,40-42H2,1-14H3,(H,73,85)(H,74,90)(H,75,91)(H,76,89)/t45-,46-,52-,53-,54-,55-,56-,57-,62-/m0/s1. The van der Waals surface area contributed by atoms with Gasteiger partial charge >= 0.3 is 0 Å². The van der Waals surface area contributed by atoms with Crippen molar-refractivity contribution < 1.29 is 57.5 Å². The van der Waals surface area contributed by atoms with E-state index in [2.05, 4.69) is 27.3 Å². The highest BCUT2D eigenvalue weighted by Crippen LogP contribution is 2.23. The number of likely N-dealkylation sites (N-methyl/N-ethyl adjacent to an activating group) is 7. The first-order valence-corrected chi connectivity index (χ1v) is 33.2. The Bertz CT molecular complexity index is 3300. The summed E-state index contributed by atoms with van der Waals surface area (Å²) in [5.41, 5.74) is 1.95. The molecule has 5 rings (SSSR count). The van der Waals surface area contributed by atoms with Crippen molar-refractivity contribution in [2.24, 2.45) is 17.8 Å². The van der Waals surface area contributed by atoms with Gasteiger partial charge in [0.1, 0.15) is 48.3 Å². The third-order valence-electron chi connectivity index (χ3n) is 18.0. The monoisotopic (exact) mass is 1350 g/mol. The first kappa shape index (κ1) is 77.8. The van der Waals surface area contributed by atoms with E-state index in [-0.39, 0.29) is 49.5 Å². The van der Waals surface area contributed by atoms with E-state index in [1.165, 1.54) is 66.1 Å². The fourth-order valence-electron chi connectivity index (χ4n) is 11.6. The summed E-state index contributed by atoms with van der Waals surface area (Å²) in [6.07, 6.45) is 0.930. The molecular formula is C70H98ClN13O12. The number of rotatable bonds is 13. The van der Waals surface area contributed by atoms with Crippen LogP contribution < -0.4 is 21.3 Å². The molecule has 0 aromatic heterocycles. The molecule has 2 saturated heterocycles. The van der Waals surface area contributed by atoms with Crippen LogP contribution in [0.1, 0.15) is 109 Å². The highest BCUT2D eigenvalue weighted by atomic mass is 35.5. The summed E-state index contributed by atoms with van der Waals surface area (Å²) in [4.78, 5) is 185. The average molecular weight is 1350 g/mol. The van der Waals surface area contributed by atoms with Crippen LogP contribution >= 0.6 is 11.6 Å². The van der Waals surface area contributed by atoms with Gasteiger partial charge in [-0.15, -0.1) is 0 Å². The molecule has 0 spiro atoms. The van der Waals surface area contributed by atoms with E-state index in [1.807, 2.05) is 27.7 Å². The third-order valence-corrected chi connectivity index (χ3v) is 18.2. The van der Waals surface area contributed by atoms with Crippen molar-refractivity contribution in [3.05, 3.63) is 106 Å². The molecule has 3 aromatic carbocycles. The number of nitrogens with one attached hydrogen (secondary N) is 4. The summed E-state index contributed by atoms with van der Waals surface area (Å²) in [6, 6.07) is 13.3.